The molecule has 0 aromatic heterocycles. The van der Waals surface area contributed by atoms with Gasteiger partial charge >= 0.3 is 0 Å². The van der Waals surface area contributed by atoms with Gasteiger partial charge in [-0.3, -0.25) is 9.59 Å². The van der Waals surface area contributed by atoms with E-state index in [0.717, 1.165) is 77.5 Å². The van der Waals surface area contributed by atoms with Gasteiger partial charge in [0.05, 0.1) is 0 Å². The summed E-state index contributed by atoms with van der Waals surface area (Å²) < 4.78 is 0. The first kappa shape index (κ1) is 28.1. The van der Waals surface area contributed by atoms with E-state index in [9.17, 15) is 9.59 Å². The summed E-state index contributed by atoms with van der Waals surface area (Å²) in [5, 5.41) is 5.75. The summed E-state index contributed by atoms with van der Waals surface area (Å²) >= 11 is 0. The van der Waals surface area contributed by atoms with Gasteiger partial charge in [-0.1, -0.05) is 52.4 Å². The molecule has 0 saturated carbocycles. The van der Waals surface area contributed by atoms with Crippen LogP contribution in [0.4, 0.5) is 0 Å². The van der Waals surface area contributed by atoms with Crippen molar-refractivity contribution in [1.29, 1.82) is 0 Å². The first-order valence-electron chi connectivity index (χ1n) is 10.9. The summed E-state index contributed by atoms with van der Waals surface area (Å²) in [6, 6.07) is 0. The maximum atomic E-state index is 11.6. The van der Waals surface area contributed by atoms with Crippen LogP contribution < -0.4 is 22.1 Å². The minimum absolute atomic E-state index is 0.0591. The quantitative estimate of drug-likeness (QED) is 0.305. The first-order valence-corrected chi connectivity index (χ1v) is 10.9. The number of hydrogen-bond acceptors (Lipinski definition) is 4. The lowest BCUT2D eigenvalue weighted by atomic mass is 10.0. The van der Waals surface area contributed by atoms with Crippen LogP contribution in [-0.2, 0) is 9.59 Å². The second-order valence-electron chi connectivity index (χ2n) is 7.22. The summed E-state index contributed by atoms with van der Waals surface area (Å²) in [6.07, 6.45) is 12.3. The Kier molecular flexibility index (Phi) is 23.8. The Morgan fingerprint density at radius 1 is 0.778 bits per heavy atom. The molecule has 0 spiro atoms. The Bertz CT molecular complexity index is 338. The van der Waals surface area contributed by atoms with Crippen LogP contribution in [0.1, 0.15) is 91.4 Å². The third-order valence-corrected chi connectivity index (χ3v) is 4.37. The zero-order valence-corrected chi connectivity index (χ0v) is 18.2. The third-order valence-electron chi connectivity index (χ3n) is 4.37. The molecule has 0 heterocycles. The summed E-state index contributed by atoms with van der Waals surface area (Å²) in [4.78, 5) is 22.0. The smallest absolute Gasteiger partial charge is 0.222 e. The molecule has 0 bridgehead atoms. The topological polar surface area (TPSA) is 110 Å². The molecule has 0 aliphatic heterocycles. The lowest BCUT2D eigenvalue weighted by Crippen LogP contribution is -2.30. The number of carbonyl (C=O) groups excluding carboxylic acids is 2. The predicted octanol–water partition coefficient (Wildman–Crippen LogP) is 3.09. The average molecular weight is 387 g/mol. The highest BCUT2D eigenvalue weighted by Gasteiger charge is 2.10. The van der Waals surface area contributed by atoms with Gasteiger partial charge in [-0.05, 0) is 45.2 Å². The Hall–Kier alpha value is -1.14. The standard InChI is InChI=1S/C13H28N2O.C8H18N2O/c1-3-4-9-12(2)13(16)15-11-8-6-5-7-10-14;1-8(11)10-7-5-3-2-4-6-9/h12H,3-11,14H2,1-2H3,(H,15,16);2-7,9H2,1H3,(H,10,11). The number of hydrogen-bond donors (Lipinski definition) is 4. The molecule has 1 unspecified atom stereocenters. The normalized spacial score (nSPS) is 11.3. The largest absolute Gasteiger partial charge is 0.356 e. The molecule has 0 aliphatic carbocycles. The van der Waals surface area contributed by atoms with Crippen LogP contribution in [0.2, 0.25) is 0 Å². The van der Waals surface area contributed by atoms with Gasteiger partial charge in [-0.2, -0.15) is 0 Å². The van der Waals surface area contributed by atoms with E-state index in [1.165, 1.54) is 19.3 Å². The van der Waals surface area contributed by atoms with Crippen molar-refractivity contribution >= 4 is 11.8 Å². The second-order valence-corrected chi connectivity index (χ2v) is 7.22. The summed E-state index contributed by atoms with van der Waals surface area (Å²) in [5.41, 5.74) is 10.7. The van der Waals surface area contributed by atoms with Crippen molar-refractivity contribution < 1.29 is 9.59 Å². The molecule has 162 valence electrons. The van der Waals surface area contributed by atoms with Crippen LogP contribution in [0.25, 0.3) is 0 Å². The molecule has 0 aromatic rings. The molecule has 1 atom stereocenters. The average Bonchev–Trinajstić information content (AvgIpc) is 2.65. The number of nitrogens with one attached hydrogen (secondary N) is 2. The number of amides is 2. The molecule has 2 amide bonds. The SMILES string of the molecule is CC(=O)NCCCCCCN.CCCCC(C)C(=O)NCCCCCCN. The fourth-order valence-corrected chi connectivity index (χ4v) is 2.54. The van der Waals surface area contributed by atoms with Crippen LogP contribution in [0.3, 0.4) is 0 Å². The van der Waals surface area contributed by atoms with E-state index in [1.54, 1.807) is 6.92 Å². The lowest BCUT2D eigenvalue weighted by molar-refractivity contribution is -0.124. The van der Waals surface area contributed by atoms with E-state index in [0.29, 0.717) is 0 Å². The van der Waals surface area contributed by atoms with Crippen LogP contribution in [0, 0.1) is 5.92 Å². The third kappa shape index (κ3) is 24.9. The second kappa shape index (κ2) is 22.9. The van der Waals surface area contributed by atoms with Crippen LogP contribution in [0.15, 0.2) is 0 Å². The van der Waals surface area contributed by atoms with Crippen LogP contribution in [-0.4, -0.2) is 38.0 Å². The molecular formula is C21H46N4O2. The molecule has 0 aromatic carbocycles. The van der Waals surface area contributed by atoms with Gasteiger partial charge in [0.2, 0.25) is 11.8 Å². The molecule has 0 fully saturated rings. The summed E-state index contributed by atoms with van der Waals surface area (Å²) in [7, 11) is 0. The van der Waals surface area contributed by atoms with Gasteiger partial charge in [0.15, 0.2) is 0 Å². The number of rotatable bonds is 16. The van der Waals surface area contributed by atoms with Crippen molar-refractivity contribution in [3.63, 3.8) is 0 Å². The van der Waals surface area contributed by atoms with Crippen molar-refractivity contribution in [1.82, 2.24) is 10.6 Å². The number of carbonyl (C=O) groups is 2. The maximum absolute atomic E-state index is 11.6. The highest BCUT2D eigenvalue weighted by atomic mass is 16.2. The van der Waals surface area contributed by atoms with Gasteiger partial charge in [0.25, 0.3) is 0 Å². The minimum atomic E-state index is 0.0591. The van der Waals surface area contributed by atoms with E-state index in [4.69, 9.17) is 11.5 Å². The summed E-state index contributed by atoms with van der Waals surface area (Å²) in [6.45, 7) is 8.89. The highest BCUT2D eigenvalue weighted by Crippen LogP contribution is 2.07. The number of nitrogens with two attached hydrogens (primary N) is 2. The van der Waals surface area contributed by atoms with E-state index < -0.39 is 0 Å². The minimum Gasteiger partial charge on any atom is -0.356 e. The van der Waals surface area contributed by atoms with Crippen LogP contribution >= 0.6 is 0 Å². The zero-order chi connectivity index (χ0) is 20.8. The lowest BCUT2D eigenvalue weighted by Gasteiger charge is -2.11. The zero-order valence-electron chi connectivity index (χ0n) is 18.2. The van der Waals surface area contributed by atoms with E-state index in [1.807, 2.05) is 6.92 Å². The van der Waals surface area contributed by atoms with E-state index >= 15 is 0 Å². The summed E-state index contributed by atoms with van der Waals surface area (Å²) in [5.74, 6) is 0.445. The Balaban J connectivity index is 0. The van der Waals surface area contributed by atoms with Crippen LogP contribution in [0.5, 0.6) is 0 Å². The molecule has 6 heteroatoms. The molecule has 0 saturated heterocycles. The monoisotopic (exact) mass is 386 g/mol. The first-order chi connectivity index (χ1) is 13.0. The molecule has 0 aliphatic rings. The predicted molar refractivity (Wildman–Crippen MR) is 115 cm³/mol. The highest BCUT2D eigenvalue weighted by molar-refractivity contribution is 5.78. The number of unbranched alkanes of at least 4 members (excludes halogenated alkanes) is 7. The fraction of sp³-hybridized carbons (Fsp3) is 0.905. The van der Waals surface area contributed by atoms with Crippen molar-refractivity contribution in [3.8, 4) is 0 Å². The molecule has 0 rings (SSSR count). The van der Waals surface area contributed by atoms with E-state index in [-0.39, 0.29) is 17.7 Å². The Labute approximate surface area is 167 Å². The maximum Gasteiger partial charge on any atom is 0.222 e. The van der Waals surface area contributed by atoms with Crippen molar-refractivity contribution in [2.45, 2.75) is 91.4 Å². The van der Waals surface area contributed by atoms with Gasteiger partial charge in [-0.15, -0.1) is 0 Å². The van der Waals surface area contributed by atoms with Crippen molar-refractivity contribution in [3.05, 3.63) is 0 Å². The Morgan fingerprint density at radius 3 is 1.70 bits per heavy atom. The van der Waals surface area contributed by atoms with E-state index in [2.05, 4.69) is 17.6 Å². The van der Waals surface area contributed by atoms with Gasteiger partial charge in [-0.25, -0.2) is 0 Å². The van der Waals surface area contributed by atoms with Crippen molar-refractivity contribution in [2.24, 2.45) is 17.4 Å². The van der Waals surface area contributed by atoms with Gasteiger partial charge < -0.3 is 22.1 Å². The molecular weight excluding hydrogens is 340 g/mol. The van der Waals surface area contributed by atoms with Gasteiger partial charge in [0.1, 0.15) is 0 Å². The van der Waals surface area contributed by atoms with Gasteiger partial charge in [0, 0.05) is 25.9 Å². The molecule has 6 N–H and O–H groups in total. The fourth-order valence-electron chi connectivity index (χ4n) is 2.54. The van der Waals surface area contributed by atoms with Crippen molar-refractivity contribution in [2.75, 3.05) is 26.2 Å². The molecule has 0 radical (unpaired) electrons. The molecule has 6 nitrogen and oxygen atoms in total. The Morgan fingerprint density at radius 2 is 1.26 bits per heavy atom. The molecule has 27 heavy (non-hydrogen) atoms.